The third-order valence-electron chi connectivity index (χ3n) is 4.31. The van der Waals surface area contributed by atoms with Crippen molar-refractivity contribution in [3.05, 3.63) is 91.0 Å². The minimum absolute atomic E-state index is 0.521. The van der Waals surface area contributed by atoms with Crippen molar-refractivity contribution in [3.8, 4) is 0 Å². The van der Waals surface area contributed by atoms with E-state index in [9.17, 15) is 0 Å². The van der Waals surface area contributed by atoms with Crippen LogP contribution in [0.4, 0.5) is 0 Å². The third kappa shape index (κ3) is 2.59. The molecule has 3 aromatic rings. The molecule has 1 unspecified atom stereocenters. The maximum atomic E-state index is 2.91. The van der Waals surface area contributed by atoms with Gasteiger partial charge in [0.1, 0.15) is 0 Å². The molecule has 0 saturated carbocycles. The van der Waals surface area contributed by atoms with Crippen LogP contribution in [0.1, 0.15) is 6.92 Å². The molecule has 2 heteroatoms. The van der Waals surface area contributed by atoms with Gasteiger partial charge in [0.2, 0.25) is 0 Å². The first-order valence-electron chi connectivity index (χ1n) is 7.61. The van der Waals surface area contributed by atoms with E-state index in [1.54, 1.807) is 0 Å². The van der Waals surface area contributed by atoms with Crippen LogP contribution < -0.4 is 15.6 Å². The van der Waals surface area contributed by atoms with Crippen molar-refractivity contribution in [2.24, 2.45) is 0 Å². The molecule has 0 amide bonds. The van der Waals surface area contributed by atoms with Gasteiger partial charge in [-0.15, -0.1) is 0 Å². The van der Waals surface area contributed by atoms with Gasteiger partial charge in [0.15, 0.2) is 0 Å². The topological polar surface area (TPSA) is 0 Å². The Bertz CT molecular complexity index is 612. The second-order valence-corrected chi connectivity index (χ2v) is 12.5. The molecule has 0 heterocycles. The van der Waals surface area contributed by atoms with Gasteiger partial charge in [-0.3, -0.25) is 0 Å². The average Bonchev–Trinajstić information content (AvgIpc) is 2.58. The molecule has 1 atom stereocenters. The molecule has 3 rings (SSSR count). The van der Waals surface area contributed by atoms with Crippen LogP contribution in [0.25, 0.3) is 0 Å². The van der Waals surface area contributed by atoms with Gasteiger partial charge in [0.25, 0.3) is 0 Å². The molecule has 0 aromatic heterocycles. The van der Waals surface area contributed by atoms with E-state index in [0.717, 1.165) is 0 Å². The van der Waals surface area contributed by atoms with Crippen LogP contribution in [-0.4, -0.2) is 24.1 Å². The van der Waals surface area contributed by atoms with Gasteiger partial charge < -0.3 is 0 Å². The number of rotatable bonds is 4. The summed E-state index contributed by atoms with van der Waals surface area (Å²) in [5.74, 6) is 0. The maximum absolute atomic E-state index is 2.91. The summed E-state index contributed by atoms with van der Waals surface area (Å²) < 4.78 is 0.521. The van der Waals surface area contributed by atoms with Gasteiger partial charge in [-0.25, -0.2) is 0 Å². The van der Waals surface area contributed by atoms with Crippen LogP contribution in [0.15, 0.2) is 91.0 Å². The van der Waals surface area contributed by atoms with E-state index >= 15 is 0 Å². The van der Waals surface area contributed by atoms with Crippen molar-refractivity contribution in [3.63, 3.8) is 0 Å². The third-order valence-corrected chi connectivity index (χ3v) is 11.7. The zero-order valence-electron chi connectivity index (χ0n) is 12.7. The first-order valence-corrected chi connectivity index (χ1v) is 10.8. The molecule has 0 bridgehead atoms. The van der Waals surface area contributed by atoms with E-state index in [1.807, 2.05) is 0 Å². The van der Waals surface area contributed by atoms with E-state index in [2.05, 4.69) is 114 Å². The number of benzene rings is 3. The Labute approximate surface area is 142 Å². The summed E-state index contributed by atoms with van der Waals surface area (Å²) in [6.45, 7) is 2.35. The molecular weight excluding hydrogens is 347 g/mol. The Kier molecular flexibility index (Phi) is 4.63. The van der Waals surface area contributed by atoms with E-state index in [4.69, 9.17) is 0 Å². The molecule has 0 aliphatic rings. The normalized spacial score (nSPS) is 12.8. The quantitative estimate of drug-likeness (QED) is 0.491. The van der Waals surface area contributed by atoms with Gasteiger partial charge in [0, 0.05) is 0 Å². The van der Waals surface area contributed by atoms with Crippen LogP contribution in [0.3, 0.4) is 0 Å². The van der Waals surface area contributed by atoms with Gasteiger partial charge >= 0.3 is 142 Å². The van der Waals surface area contributed by atoms with Crippen LogP contribution in [0.2, 0.25) is 4.44 Å². The van der Waals surface area contributed by atoms with Crippen molar-refractivity contribution in [1.29, 1.82) is 0 Å². The molecule has 0 aliphatic carbocycles. The Morgan fingerprint density at radius 2 is 0.864 bits per heavy atom. The van der Waals surface area contributed by atoms with Crippen LogP contribution in [-0.2, 0) is 0 Å². The predicted molar refractivity (Wildman–Crippen MR) is 101 cm³/mol. The van der Waals surface area contributed by atoms with Gasteiger partial charge in [0.05, 0.1) is 0 Å². The Morgan fingerprint density at radius 1 is 0.591 bits per heavy atom. The first-order chi connectivity index (χ1) is 10.8. The molecule has 0 aliphatic heterocycles. The minimum atomic E-state index is -2.03. The predicted octanol–water partition coefficient (Wildman–Crippen LogP) is 2.41. The summed E-state index contributed by atoms with van der Waals surface area (Å²) in [5, 5.41) is 4.42. The van der Waals surface area contributed by atoms with E-state index in [-0.39, 0.29) is 0 Å². The van der Waals surface area contributed by atoms with Crippen molar-refractivity contribution < 1.29 is 0 Å². The summed E-state index contributed by atoms with van der Waals surface area (Å²) in [7, 11) is -2.03. The Hall–Kier alpha value is -1.60. The molecular formula is C20H20SeSi. The zero-order chi connectivity index (χ0) is 15.4. The van der Waals surface area contributed by atoms with Crippen molar-refractivity contribution in [2.45, 2.75) is 11.4 Å². The van der Waals surface area contributed by atoms with Crippen molar-refractivity contribution in [1.82, 2.24) is 0 Å². The fourth-order valence-corrected chi connectivity index (χ4v) is 10.7. The molecule has 110 valence electrons. The van der Waals surface area contributed by atoms with Crippen LogP contribution in [0, 0.1) is 0 Å². The van der Waals surface area contributed by atoms with Gasteiger partial charge in [-0.2, -0.15) is 0 Å². The molecule has 0 saturated heterocycles. The van der Waals surface area contributed by atoms with Gasteiger partial charge in [-0.05, 0) is 0 Å². The molecule has 0 fully saturated rings. The van der Waals surface area contributed by atoms with Gasteiger partial charge in [-0.1, -0.05) is 0 Å². The summed E-state index contributed by atoms with van der Waals surface area (Å²) in [5.41, 5.74) is 0. The molecule has 0 N–H and O–H groups in total. The molecule has 0 nitrogen and oxygen atoms in total. The zero-order valence-corrected chi connectivity index (χ0v) is 15.6. The summed E-state index contributed by atoms with van der Waals surface area (Å²) >= 11 is 2.91. The summed E-state index contributed by atoms with van der Waals surface area (Å²) in [6, 6.07) is 33.1. The van der Waals surface area contributed by atoms with Crippen LogP contribution >= 0.6 is 0 Å². The summed E-state index contributed by atoms with van der Waals surface area (Å²) in [4.78, 5) is 0. The summed E-state index contributed by atoms with van der Waals surface area (Å²) in [6.07, 6.45) is 0. The van der Waals surface area contributed by atoms with Crippen molar-refractivity contribution in [2.75, 3.05) is 0 Å². The fraction of sp³-hybridized carbons (Fsp3) is 0.100. The second-order valence-electron chi connectivity index (χ2n) is 5.58. The number of hydrogen-bond donors (Lipinski definition) is 0. The van der Waals surface area contributed by atoms with E-state index in [1.165, 1.54) is 15.6 Å². The standard InChI is InChI=1S/C20H20SeSi/c1-17(21)22(18-11-5-2-6-12-18,19-13-7-3-8-14-19)20-15-9-4-10-16-20/h2-17,21H,1H3. The molecule has 0 radical (unpaired) electrons. The Balaban J connectivity index is 2.34. The Morgan fingerprint density at radius 3 is 1.09 bits per heavy atom. The average molecular weight is 367 g/mol. The monoisotopic (exact) mass is 368 g/mol. The number of hydrogen-bond acceptors (Lipinski definition) is 0. The first kappa shape index (κ1) is 15.3. The van der Waals surface area contributed by atoms with E-state index < -0.39 is 8.07 Å². The molecule has 0 spiro atoms. The van der Waals surface area contributed by atoms with E-state index in [0.29, 0.717) is 4.44 Å². The fourth-order valence-electron chi connectivity index (χ4n) is 3.33. The molecule has 22 heavy (non-hydrogen) atoms. The SMILES string of the molecule is CC([SeH])[Si](c1ccccc1)(c1ccccc1)c1ccccc1. The molecule has 3 aromatic carbocycles. The van der Waals surface area contributed by atoms with Crippen molar-refractivity contribution >= 4 is 39.6 Å². The van der Waals surface area contributed by atoms with Crippen LogP contribution in [0.5, 0.6) is 0 Å². The second kappa shape index (κ2) is 6.66.